The van der Waals surface area contributed by atoms with E-state index < -0.39 is 0 Å². The molecule has 0 bridgehead atoms. The Hall–Kier alpha value is -0.490. The van der Waals surface area contributed by atoms with Gasteiger partial charge in [-0.25, -0.2) is 0 Å². The normalized spacial score (nSPS) is 16.0. The Bertz CT molecular complexity index is 343. The van der Waals surface area contributed by atoms with Crippen LogP contribution in [0.3, 0.4) is 0 Å². The smallest absolute Gasteiger partial charge is 0.0613 e. The maximum atomic E-state index is 6.52. The number of alkyl halides is 1. The molecule has 0 nitrogen and oxygen atoms in total. The van der Waals surface area contributed by atoms with E-state index >= 15 is 0 Å². The molecule has 0 spiro atoms. The fourth-order valence-electron chi connectivity index (χ4n) is 1.81. The van der Waals surface area contributed by atoms with Gasteiger partial charge in [-0.2, -0.15) is 0 Å². The molecule has 0 aliphatic rings. The van der Waals surface area contributed by atoms with Gasteiger partial charge < -0.3 is 0 Å². The van der Waals surface area contributed by atoms with Gasteiger partial charge in [0.15, 0.2) is 0 Å². The van der Waals surface area contributed by atoms with Crippen LogP contribution in [0.1, 0.15) is 58.0 Å². The minimum Gasteiger partial charge on any atom is -0.118 e. The van der Waals surface area contributed by atoms with Crippen LogP contribution in [0.2, 0.25) is 0 Å². The molecule has 2 unspecified atom stereocenters. The van der Waals surface area contributed by atoms with Crippen LogP contribution in [0.15, 0.2) is 24.3 Å². The van der Waals surface area contributed by atoms with Gasteiger partial charge in [-0.3, -0.25) is 0 Å². The maximum Gasteiger partial charge on any atom is 0.0613 e. The van der Waals surface area contributed by atoms with Crippen LogP contribution in [-0.4, -0.2) is 0 Å². The van der Waals surface area contributed by atoms with Crippen LogP contribution in [-0.2, 0) is 5.41 Å². The molecular formula is C16H25Cl. The van der Waals surface area contributed by atoms with Gasteiger partial charge in [0.2, 0.25) is 0 Å². The number of rotatable bonds is 3. The summed E-state index contributed by atoms with van der Waals surface area (Å²) in [5, 5.41) is 0.115. The second kappa shape index (κ2) is 5.44. The average Bonchev–Trinajstić information content (AvgIpc) is 2.26. The van der Waals surface area contributed by atoms with E-state index in [1.807, 2.05) is 0 Å². The van der Waals surface area contributed by atoms with Gasteiger partial charge in [0.05, 0.1) is 5.38 Å². The van der Waals surface area contributed by atoms with E-state index in [0.29, 0.717) is 11.8 Å². The van der Waals surface area contributed by atoms with Gasteiger partial charge in [0, 0.05) is 0 Å². The molecule has 0 saturated carbocycles. The van der Waals surface area contributed by atoms with Gasteiger partial charge >= 0.3 is 0 Å². The zero-order chi connectivity index (χ0) is 13.2. The number of hydrogen-bond donors (Lipinski definition) is 0. The molecule has 1 rings (SSSR count). The van der Waals surface area contributed by atoms with Gasteiger partial charge in [-0.05, 0) is 28.4 Å². The average molecular weight is 253 g/mol. The molecule has 96 valence electrons. The lowest BCUT2D eigenvalue weighted by atomic mass is 9.85. The topological polar surface area (TPSA) is 0 Å². The Labute approximate surface area is 111 Å². The molecule has 1 aromatic carbocycles. The van der Waals surface area contributed by atoms with Crippen molar-refractivity contribution >= 4 is 11.6 Å². The Morgan fingerprint density at radius 2 is 1.41 bits per heavy atom. The molecular weight excluding hydrogens is 228 g/mol. The van der Waals surface area contributed by atoms with E-state index in [9.17, 15) is 0 Å². The fraction of sp³-hybridized carbons (Fsp3) is 0.625. The van der Waals surface area contributed by atoms with Crippen LogP contribution < -0.4 is 0 Å². The summed E-state index contributed by atoms with van der Waals surface area (Å²) in [6.07, 6.45) is 0. The molecule has 0 saturated heterocycles. The van der Waals surface area contributed by atoms with Crippen molar-refractivity contribution in [1.29, 1.82) is 0 Å². The van der Waals surface area contributed by atoms with Crippen LogP contribution in [0.4, 0.5) is 0 Å². The molecule has 0 amide bonds. The standard InChI is InChI=1S/C16H25Cl/c1-11(2)12(3)15(17)13-7-9-14(10-8-13)16(4,5)6/h7-12,15H,1-6H3. The van der Waals surface area contributed by atoms with Gasteiger partial charge in [0.1, 0.15) is 0 Å². The van der Waals surface area contributed by atoms with E-state index in [1.165, 1.54) is 11.1 Å². The van der Waals surface area contributed by atoms with E-state index in [1.54, 1.807) is 0 Å². The van der Waals surface area contributed by atoms with E-state index in [-0.39, 0.29) is 10.8 Å². The van der Waals surface area contributed by atoms with Crippen molar-refractivity contribution in [2.75, 3.05) is 0 Å². The highest BCUT2D eigenvalue weighted by Gasteiger charge is 2.20. The highest BCUT2D eigenvalue weighted by molar-refractivity contribution is 6.21. The number of hydrogen-bond acceptors (Lipinski definition) is 0. The van der Waals surface area contributed by atoms with Crippen molar-refractivity contribution in [3.63, 3.8) is 0 Å². The van der Waals surface area contributed by atoms with Crippen molar-refractivity contribution in [3.05, 3.63) is 35.4 Å². The molecule has 1 heteroatoms. The molecule has 2 atom stereocenters. The molecule has 17 heavy (non-hydrogen) atoms. The van der Waals surface area contributed by atoms with Crippen molar-refractivity contribution in [2.45, 2.75) is 52.3 Å². The lowest BCUT2D eigenvalue weighted by Gasteiger charge is -2.23. The van der Waals surface area contributed by atoms with E-state index in [0.717, 1.165) is 0 Å². The SMILES string of the molecule is CC(C)C(C)C(Cl)c1ccc(C(C)(C)C)cc1. The van der Waals surface area contributed by atoms with Crippen LogP contribution in [0.25, 0.3) is 0 Å². The zero-order valence-corrected chi connectivity index (χ0v) is 12.7. The first kappa shape index (κ1) is 14.6. The first-order chi connectivity index (χ1) is 7.73. The largest absolute Gasteiger partial charge is 0.118 e. The molecule has 0 aromatic heterocycles. The van der Waals surface area contributed by atoms with Gasteiger partial charge in [0.25, 0.3) is 0 Å². The summed E-state index contributed by atoms with van der Waals surface area (Å²) in [6.45, 7) is 13.4. The lowest BCUT2D eigenvalue weighted by molar-refractivity contribution is 0.406. The van der Waals surface area contributed by atoms with Gasteiger partial charge in [-0.15, -0.1) is 11.6 Å². The Morgan fingerprint density at radius 3 is 1.76 bits per heavy atom. The Morgan fingerprint density at radius 1 is 0.941 bits per heavy atom. The van der Waals surface area contributed by atoms with Gasteiger partial charge in [-0.1, -0.05) is 65.8 Å². The summed E-state index contributed by atoms with van der Waals surface area (Å²) in [7, 11) is 0. The molecule has 0 aliphatic heterocycles. The molecule has 0 radical (unpaired) electrons. The second-order valence-corrected chi connectivity index (χ2v) is 6.85. The third-order valence-electron chi connectivity index (χ3n) is 3.61. The monoisotopic (exact) mass is 252 g/mol. The second-order valence-electron chi connectivity index (χ2n) is 6.38. The fourth-order valence-corrected chi connectivity index (χ4v) is 2.24. The highest BCUT2D eigenvalue weighted by Crippen LogP contribution is 2.34. The van der Waals surface area contributed by atoms with Crippen molar-refractivity contribution in [3.8, 4) is 0 Å². The molecule has 0 fully saturated rings. The highest BCUT2D eigenvalue weighted by atomic mass is 35.5. The summed E-state index contributed by atoms with van der Waals surface area (Å²) < 4.78 is 0. The predicted molar refractivity (Wildman–Crippen MR) is 77.7 cm³/mol. The summed E-state index contributed by atoms with van der Waals surface area (Å²) in [6, 6.07) is 8.77. The van der Waals surface area contributed by atoms with Crippen LogP contribution in [0, 0.1) is 11.8 Å². The van der Waals surface area contributed by atoms with Crippen molar-refractivity contribution in [1.82, 2.24) is 0 Å². The summed E-state index contributed by atoms with van der Waals surface area (Å²) in [4.78, 5) is 0. The molecule has 0 aliphatic carbocycles. The zero-order valence-electron chi connectivity index (χ0n) is 11.9. The Kier molecular flexibility index (Phi) is 4.66. The van der Waals surface area contributed by atoms with E-state index in [2.05, 4.69) is 65.8 Å². The van der Waals surface area contributed by atoms with Crippen molar-refractivity contribution < 1.29 is 0 Å². The predicted octanol–water partition coefficient (Wildman–Crippen LogP) is 5.56. The number of halogens is 1. The van der Waals surface area contributed by atoms with Crippen LogP contribution in [0.5, 0.6) is 0 Å². The van der Waals surface area contributed by atoms with Crippen molar-refractivity contribution in [2.24, 2.45) is 11.8 Å². The van der Waals surface area contributed by atoms with Crippen LogP contribution >= 0.6 is 11.6 Å². The minimum atomic E-state index is 0.115. The molecule has 1 aromatic rings. The summed E-state index contributed by atoms with van der Waals surface area (Å²) in [5.41, 5.74) is 2.81. The Balaban J connectivity index is 2.88. The third-order valence-corrected chi connectivity index (χ3v) is 4.26. The van der Waals surface area contributed by atoms with E-state index in [4.69, 9.17) is 11.6 Å². The quantitative estimate of drug-likeness (QED) is 0.618. The minimum absolute atomic E-state index is 0.115. The maximum absolute atomic E-state index is 6.52. The lowest BCUT2D eigenvalue weighted by Crippen LogP contribution is -2.13. The molecule has 0 heterocycles. The summed E-state index contributed by atoms with van der Waals surface area (Å²) in [5.74, 6) is 1.11. The third kappa shape index (κ3) is 3.74. The number of benzene rings is 1. The summed E-state index contributed by atoms with van der Waals surface area (Å²) >= 11 is 6.52. The first-order valence-corrected chi connectivity index (χ1v) is 6.91. The first-order valence-electron chi connectivity index (χ1n) is 6.48. The molecule has 0 N–H and O–H groups in total.